The fourth-order valence-corrected chi connectivity index (χ4v) is 2.93. The molecule has 5 nitrogen and oxygen atoms in total. The first-order valence-corrected chi connectivity index (χ1v) is 8.30. The number of rotatable bonds is 9. The Hall–Kier alpha value is -1.45. The first-order valence-electron chi connectivity index (χ1n) is 7.48. The lowest BCUT2D eigenvalue weighted by Crippen LogP contribution is -2.29. The third-order valence-corrected chi connectivity index (χ3v) is 4.10. The van der Waals surface area contributed by atoms with Gasteiger partial charge in [0.25, 0.3) is 0 Å². The second kappa shape index (κ2) is 8.75. The maximum absolute atomic E-state index is 9.10. The molecule has 1 aromatic rings. The largest absolute Gasteiger partial charge is 0.486 e. The molecular formula is C15H26N4OS. The highest BCUT2D eigenvalue weighted by molar-refractivity contribution is 7.17. The number of ether oxygens (including phenoxy) is 1. The molecule has 0 bridgehead atoms. The lowest BCUT2D eigenvalue weighted by atomic mass is 10.3. The minimum atomic E-state index is 0.0289. The first-order chi connectivity index (χ1) is 10.0. The molecule has 0 radical (unpaired) electrons. The van der Waals surface area contributed by atoms with Gasteiger partial charge in [-0.2, -0.15) is 5.26 Å². The third-order valence-electron chi connectivity index (χ3n) is 3.06. The summed E-state index contributed by atoms with van der Waals surface area (Å²) < 4.78 is 5.75. The van der Waals surface area contributed by atoms with Gasteiger partial charge in [0.2, 0.25) is 0 Å². The molecule has 1 aromatic heterocycles. The fourth-order valence-electron chi connectivity index (χ4n) is 2.05. The van der Waals surface area contributed by atoms with Crippen LogP contribution in [-0.2, 0) is 0 Å². The van der Waals surface area contributed by atoms with E-state index in [2.05, 4.69) is 30.1 Å². The Morgan fingerprint density at radius 1 is 1.38 bits per heavy atom. The third kappa shape index (κ3) is 5.10. The predicted molar refractivity (Wildman–Crippen MR) is 90.1 cm³/mol. The number of hydrogen-bond donors (Lipinski definition) is 2. The van der Waals surface area contributed by atoms with Gasteiger partial charge in [-0.3, -0.25) is 0 Å². The van der Waals surface area contributed by atoms with Crippen molar-refractivity contribution < 1.29 is 4.74 Å². The van der Waals surface area contributed by atoms with Gasteiger partial charge in [-0.05, 0) is 33.4 Å². The van der Waals surface area contributed by atoms with E-state index in [0.717, 1.165) is 37.6 Å². The lowest BCUT2D eigenvalue weighted by molar-refractivity contribution is 0.245. The highest BCUT2D eigenvalue weighted by Gasteiger charge is 2.18. The summed E-state index contributed by atoms with van der Waals surface area (Å²) in [7, 11) is 0. The molecule has 0 aliphatic carbocycles. The number of anilines is 2. The van der Waals surface area contributed by atoms with E-state index in [9.17, 15) is 0 Å². The predicted octanol–water partition coefficient (Wildman–Crippen LogP) is 3.13. The molecule has 0 aliphatic heterocycles. The highest BCUT2D eigenvalue weighted by Crippen LogP contribution is 2.42. The molecule has 0 amide bonds. The van der Waals surface area contributed by atoms with Gasteiger partial charge in [0, 0.05) is 13.1 Å². The number of hydrogen-bond acceptors (Lipinski definition) is 6. The van der Waals surface area contributed by atoms with Crippen LogP contribution >= 0.6 is 11.3 Å². The van der Waals surface area contributed by atoms with Crippen molar-refractivity contribution in [3.63, 3.8) is 0 Å². The van der Waals surface area contributed by atoms with Crippen LogP contribution in [0.3, 0.4) is 0 Å². The quantitative estimate of drug-likeness (QED) is 0.733. The first kappa shape index (κ1) is 17.6. The second-order valence-electron chi connectivity index (χ2n) is 5.14. The van der Waals surface area contributed by atoms with Gasteiger partial charge in [0.1, 0.15) is 21.6 Å². The molecule has 0 aromatic carbocycles. The minimum Gasteiger partial charge on any atom is -0.486 e. The number of likely N-dealkylation sites (N-methyl/N-ethyl adjacent to an activating group) is 1. The monoisotopic (exact) mass is 310 g/mol. The lowest BCUT2D eigenvalue weighted by Gasteiger charge is -2.20. The van der Waals surface area contributed by atoms with E-state index < -0.39 is 0 Å². The van der Waals surface area contributed by atoms with Crippen molar-refractivity contribution in [3.8, 4) is 11.8 Å². The Kier molecular flexibility index (Phi) is 7.34. The molecular weight excluding hydrogens is 284 g/mol. The minimum absolute atomic E-state index is 0.0289. The molecule has 0 unspecified atom stereocenters. The molecule has 3 N–H and O–H groups in total. The summed E-state index contributed by atoms with van der Waals surface area (Å²) in [4.78, 5) is 2.90. The molecule has 1 heterocycles. The van der Waals surface area contributed by atoms with E-state index in [4.69, 9.17) is 15.7 Å². The zero-order valence-corrected chi connectivity index (χ0v) is 14.2. The zero-order valence-electron chi connectivity index (χ0n) is 13.4. The summed E-state index contributed by atoms with van der Waals surface area (Å²) >= 11 is 1.36. The Balaban J connectivity index is 2.71. The maximum atomic E-state index is 9.10. The van der Waals surface area contributed by atoms with Crippen molar-refractivity contribution in [3.05, 3.63) is 4.88 Å². The van der Waals surface area contributed by atoms with Gasteiger partial charge < -0.3 is 20.7 Å². The number of thiophene rings is 1. The van der Waals surface area contributed by atoms with Gasteiger partial charge in [-0.1, -0.05) is 13.8 Å². The molecule has 118 valence electrons. The van der Waals surface area contributed by atoms with E-state index in [0.29, 0.717) is 16.3 Å². The smallest absolute Gasteiger partial charge is 0.178 e. The van der Waals surface area contributed by atoms with E-state index in [1.807, 2.05) is 13.8 Å². The van der Waals surface area contributed by atoms with Gasteiger partial charge >= 0.3 is 0 Å². The van der Waals surface area contributed by atoms with Crippen LogP contribution in [0, 0.1) is 11.3 Å². The molecule has 0 saturated heterocycles. The van der Waals surface area contributed by atoms with Crippen molar-refractivity contribution in [2.45, 2.75) is 40.2 Å². The van der Waals surface area contributed by atoms with Crippen molar-refractivity contribution in [2.24, 2.45) is 0 Å². The van der Waals surface area contributed by atoms with Gasteiger partial charge in [-0.25, -0.2) is 0 Å². The average molecular weight is 310 g/mol. The van der Waals surface area contributed by atoms with E-state index in [-0.39, 0.29) is 6.10 Å². The number of nitriles is 1. The standard InChI is InChI=1S/C15H26N4OS/c1-5-8-19(6-2)9-7-18-15-14(20-11(3)4)13(17)12(10-16)21-15/h11,18H,5-9,17H2,1-4H3. The Morgan fingerprint density at radius 2 is 2.10 bits per heavy atom. The van der Waals surface area contributed by atoms with Crippen LogP contribution in [0.25, 0.3) is 0 Å². The summed E-state index contributed by atoms with van der Waals surface area (Å²) in [5.74, 6) is 0.616. The normalized spacial score (nSPS) is 10.9. The molecule has 0 saturated carbocycles. The molecule has 0 aliphatic rings. The SMILES string of the molecule is CCCN(CC)CCNc1sc(C#N)c(N)c1OC(C)C. The molecule has 21 heavy (non-hydrogen) atoms. The summed E-state index contributed by atoms with van der Waals surface area (Å²) in [5, 5.41) is 13.3. The van der Waals surface area contributed by atoms with Gasteiger partial charge in [0.15, 0.2) is 5.75 Å². The number of nitrogens with one attached hydrogen (secondary N) is 1. The molecule has 1 rings (SSSR count). The highest BCUT2D eigenvalue weighted by atomic mass is 32.1. The van der Waals surface area contributed by atoms with Crippen molar-refractivity contribution in [1.29, 1.82) is 5.26 Å². The van der Waals surface area contributed by atoms with Gasteiger partial charge in [-0.15, -0.1) is 11.3 Å². The van der Waals surface area contributed by atoms with E-state index >= 15 is 0 Å². The van der Waals surface area contributed by atoms with Crippen LogP contribution in [-0.4, -0.2) is 37.2 Å². The molecule has 0 spiro atoms. The number of nitrogen functional groups attached to an aromatic ring is 1. The summed E-state index contributed by atoms with van der Waals surface area (Å²) in [5.41, 5.74) is 6.42. The van der Waals surface area contributed by atoms with Crippen LogP contribution in [0.2, 0.25) is 0 Å². The summed E-state index contributed by atoms with van der Waals surface area (Å²) in [6, 6.07) is 2.12. The van der Waals surface area contributed by atoms with Crippen molar-refractivity contribution in [1.82, 2.24) is 4.90 Å². The van der Waals surface area contributed by atoms with Crippen LogP contribution in [0.5, 0.6) is 5.75 Å². The van der Waals surface area contributed by atoms with Crippen LogP contribution < -0.4 is 15.8 Å². The summed E-state index contributed by atoms with van der Waals surface area (Å²) in [6.45, 7) is 12.2. The van der Waals surface area contributed by atoms with E-state index in [1.54, 1.807) is 0 Å². The van der Waals surface area contributed by atoms with Gasteiger partial charge in [0.05, 0.1) is 6.10 Å². The topological polar surface area (TPSA) is 74.3 Å². The van der Waals surface area contributed by atoms with Crippen molar-refractivity contribution >= 4 is 22.0 Å². The fraction of sp³-hybridized carbons (Fsp3) is 0.667. The molecule has 6 heteroatoms. The van der Waals surface area contributed by atoms with Crippen LogP contribution in [0.15, 0.2) is 0 Å². The number of nitrogens with zero attached hydrogens (tertiary/aromatic N) is 2. The molecule has 0 atom stereocenters. The van der Waals surface area contributed by atoms with Crippen LogP contribution in [0.4, 0.5) is 10.7 Å². The van der Waals surface area contributed by atoms with E-state index in [1.165, 1.54) is 11.3 Å². The maximum Gasteiger partial charge on any atom is 0.178 e. The molecule has 0 fully saturated rings. The average Bonchev–Trinajstić information content (AvgIpc) is 2.74. The second-order valence-corrected chi connectivity index (χ2v) is 6.16. The zero-order chi connectivity index (χ0) is 15.8. The Bertz CT molecular complexity index is 479. The Labute approximate surface area is 131 Å². The van der Waals surface area contributed by atoms with Crippen LogP contribution in [0.1, 0.15) is 39.0 Å². The Morgan fingerprint density at radius 3 is 2.62 bits per heavy atom. The van der Waals surface area contributed by atoms with Crippen molar-refractivity contribution in [2.75, 3.05) is 37.2 Å². The number of nitrogens with two attached hydrogens (primary N) is 1. The summed E-state index contributed by atoms with van der Waals surface area (Å²) in [6.07, 6.45) is 1.18.